The SMILES string of the molecule is CC1CCCN(CCc2cc(-c3ccccc3)nc3ccccc23)C1. The summed E-state index contributed by atoms with van der Waals surface area (Å²) in [7, 11) is 0. The first-order valence-corrected chi connectivity index (χ1v) is 9.46. The molecule has 2 aromatic carbocycles. The molecule has 0 spiro atoms. The van der Waals surface area contributed by atoms with Crippen molar-refractivity contribution in [1.29, 1.82) is 0 Å². The fourth-order valence-electron chi connectivity index (χ4n) is 3.98. The van der Waals surface area contributed by atoms with Gasteiger partial charge in [0.25, 0.3) is 0 Å². The van der Waals surface area contributed by atoms with Crippen LogP contribution in [0.5, 0.6) is 0 Å². The molecule has 128 valence electrons. The van der Waals surface area contributed by atoms with E-state index in [4.69, 9.17) is 4.98 Å². The van der Waals surface area contributed by atoms with Gasteiger partial charge in [0.2, 0.25) is 0 Å². The van der Waals surface area contributed by atoms with Crippen molar-refractivity contribution in [3.63, 3.8) is 0 Å². The van der Waals surface area contributed by atoms with E-state index in [1.54, 1.807) is 0 Å². The molecular formula is C23H26N2. The Labute approximate surface area is 150 Å². The van der Waals surface area contributed by atoms with Gasteiger partial charge in [-0.15, -0.1) is 0 Å². The van der Waals surface area contributed by atoms with Gasteiger partial charge in [-0.05, 0) is 49.4 Å². The van der Waals surface area contributed by atoms with E-state index in [1.807, 2.05) is 0 Å². The van der Waals surface area contributed by atoms with Crippen LogP contribution in [0, 0.1) is 5.92 Å². The van der Waals surface area contributed by atoms with E-state index in [2.05, 4.69) is 72.5 Å². The second-order valence-electron chi connectivity index (χ2n) is 7.35. The van der Waals surface area contributed by atoms with Crippen LogP contribution in [0.25, 0.3) is 22.2 Å². The summed E-state index contributed by atoms with van der Waals surface area (Å²) in [5, 5.41) is 1.30. The lowest BCUT2D eigenvalue weighted by atomic mass is 9.98. The zero-order valence-electron chi connectivity index (χ0n) is 15.0. The molecule has 4 rings (SSSR count). The molecule has 0 N–H and O–H groups in total. The fraction of sp³-hybridized carbons (Fsp3) is 0.348. The second kappa shape index (κ2) is 7.37. The summed E-state index contributed by atoms with van der Waals surface area (Å²) in [6.07, 6.45) is 3.82. The molecule has 3 aromatic rings. The zero-order chi connectivity index (χ0) is 17.1. The van der Waals surface area contributed by atoms with Gasteiger partial charge in [-0.3, -0.25) is 0 Å². The van der Waals surface area contributed by atoms with Crippen LogP contribution in [0.2, 0.25) is 0 Å². The quantitative estimate of drug-likeness (QED) is 0.655. The molecule has 0 radical (unpaired) electrons. The first kappa shape index (κ1) is 16.3. The molecule has 1 aromatic heterocycles. The Kier molecular flexibility index (Phi) is 4.80. The Hall–Kier alpha value is -2.19. The van der Waals surface area contributed by atoms with Crippen LogP contribution in [0.4, 0.5) is 0 Å². The fourth-order valence-corrected chi connectivity index (χ4v) is 3.98. The molecular weight excluding hydrogens is 304 g/mol. The molecule has 2 heteroatoms. The highest BCUT2D eigenvalue weighted by Crippen LogP contribution is 2.25. The molecule has 0 saturated carbocycles. The Morgan fingerprint density at radius 1 is 1.04 bits per heavy atom. The molecule has 0 amide bonds. The lowest BCUT2D eigenvalue weighted by molar-refractivity contribution is 0.186. The summed E-state index contributed by atoms with van der Waals surface area (Å²) in [4.78, 5) is 7.53. The number of hydrogen-bond donors (Lipinski definition) is 0. The minimum absolute atomic E-state index is 0.836. The van der Waals surface area contributed by atoms with Crippen molar-refractivity contribution in [2.45, 2.75) is 26.2 Å². The number of nitrogens with zero attached hydrogens (tertiary/aromatic N) is 2. The van der Waals surface area contributed by atoms with Gasteiger partial charge >= 0.3 is 0 Å². The molecule has 0 bridgehead atoms. The number of hydrogen-bond acceptors (Lipinski definition) is 2. The summed E-state index contributed by atoms with van der Waals surface area (Å²) in [6.45, 7) is 6.02. The molecule has 0 aliphatic carbocycles. The third-order valence-electron chi connectivity index (χ3n) is 5.31. The van der Waals surface area contributed by atoms with E-state index < -0.39 is 0 Å². The number of rotatable bonds is 4. The van der Waals surface area contributed by atoms with E-state index in [0.29, 0.717) is 0 Å². The van der Waals surface area contributed by atoms with E-state index in [9.17, 15) is 0 Å². The smallest absolute Gasteiger partial charge is 0.0712 e. The second-order valence-corrected chi connectivity index (χ2v) is 7.35. The van der Waals surface area contributed by atoms with E-state index in [1.165, 1.54) is 42.4 Å². The first-order valence-electron chi connectivity index (χ1n) is 9.46. The lowest BCUT2D eigenvalue weighted by Gasteiger charge is -2.30. The number of piperidine rings is 1. The van der Waals surface area contributed by atoms with Crippen LogP contribution in [-0.2, 0) is 6.42 Å². The zero-order valence-corrected chi connectivity index (χ0v) is 15.0. The summed E-state index contributed by atoms with van der Waals surface area (Å²) >= 11 is 0. The van der Waals surface area contributed by atoms with Crippen LogP contribution in [-0.4, -0.2) is 29.5 Å². The van der Waals surface area contributed by atoms with Crippen LogP contribution >= 0.6 is 0 Å². The standard InChI is InChI=1S/C23H26N2/c1-18-8-7-14-25(17-18)15-13-20-16-23(19-9-3-2-4-10-19)24-22-12-6-5-11-21(20)22/h2-6,9-12,16,18H,7-8,13-15,17H2,1H3. The van der Waals surface area contributed by atoms with Gasteiger partial charge in [-0.1, -0.05) is 55.5 Å². The molecule has 1 unspecified atom stereocenters. The van der Waals surface area contributed by atoms with E-state index >= 15 is 0 Å². The maximum absolute atomic E-state index is 4.90. The van der Waals surface area contributed by atoms with Crippen LogP contribution in [0.3, 0.4) is 0 Å². The molecule has 25 heavy (non-hydrogen) atoms. The monoisotopic (exact) mass is 330 g/mol. The largest absolute Gasteiger partial charge is 0.303 e. The van der Waals surface area contributed by atoms with Gasteiger partial charge in [0.1, 0.15) is 0 Å². The molecule has 2 nitrogen and oxygen atoms in total. The van der Waals surface area contributed by atoms with Crippen LogP contribution in [0.15, 0.2) is 60.7 Å². The Bertz CT molecular complexity index is 841. The topological polar surface area (TPSA) is 16.1 Å². The minimum atomic E-state index is 0.836. The average molecular weight is 330 g/mol. The van der Waals surface area contributed by atoms with Gasteiger partial charge in [0.15, 0.2) is 0 Å². The summed E-state index contributed by atoms with van der Waals surface area (Å²) in [6, 6.07) is 21.4. The van der Waals surface area contributed by atoms with E-state index in [-0.39, 0.29) is 0 Å². The van der Waals surface area contributed by atoms with Crippen molar-refractivity contribution in [3.8, 4) is 11.3 Å². The van der Waals surface area contributed by atoms with E-state index in [0.717, 1.165) is 30.1 Å². The van der Waals surface area contributed by atoms with Gasteiger partial charge in [0, 0.05) is 24.0 Å². The van der Waals surface area contributed by atoms with Crippen LogP contribution < -0.4 is 0 Å². The maximum Gasteiger partial charge on any atom is 0.0712 e. The van der Waals surface area contributed by atoms with Gasteiger partial charge in [-0.25, -0.2) is 4.98 Å². The maximum atomic E-state index is 4.90. The van der Waals surface area contributed by atoms with Crippen LogP contribution in [0.1, 0.15) is 25.3 Å². The van der Waals surface area contributed by atoms with Crippen molar-refractivity contribution in [2.75, 3.05) is 19.6 Å². The normalized spacial score (nSPS) is 18.5. The number of para-hydroxylation sites is 1. The molecule has 1 fully saturated rings. The van der Waals surface area contributed by atoms with Gasteiger partial charge < -0.3 is 4.90 Å². The summed E-state index contributed by atoms with van der Waals surface area (Å²) in [5.74, 6) is 0.836. The average Bonchev–Trinajstić information content (AvgIpc) is 2.66. The minimum Gasteiger partial charge on any atom is -0.303 e. The van der Waals surface area contributed by atoms with Crippen molar-refractivity contribution in [1.82, 2.24) is 9.88 Å². The highest BCUT2D eigenvalue weighted by Gasteiger charge is 2.16. The molecule has 2 heterocycles. The molecule has 1 aliphatic rings. The van der Waals surface area contributed by atoms with Gasteiger partial charge in [-0.2, -0.15) is 0 Å². The Morgan fingerprint density at radius 2 is 1.84 bits per heavy atom. The molecule has 1 aliphatic heterocycles. The highest BCUT2D eigenvalue weighted by molar-refractivity contribution is 5.85. The number of likely N-dealkylation sites (tertiary alicyclic amines) is 1. The third-order valence-corrected chi connectivity index (χ3v) is 5.31. The lowest BCUT2D eigenvalue weighted by Crippen LogP contribution is -2.35. The van der Waals surface area contributed by atoms with Crippen molar-refractivity contribution in [2.24, 2.45) is 5.92 Å². The summed E-state index contributed by atoms with van der Waals surface area (Å²) in [5.41, 5.74) is 4.80. The predicted molar refractivity (Wildman–Crippen MR) is 106 cm³/mol. The number of fused-ring (bicyclic) bond motifs is 1. The number of aromatic nitrogens is 1. The van der Waals surface area contributed by atoms with Crippen molar-refractivity contribution >= 4 is 10.9 Å². The van der Waals surface area contributed by atoms with Crippen molar-refractivity contribution in [3.05, 3.63) is 66.2 Å². The summed E-state index contributed by atoms with van der Waals surface area (Å²) < 4.78 is 0. The molecule has 1 saturated heterocycles. The number of pyridine rings is 1. The Balaban J connectivity index is 1.64. The Morgan fingerprint density at radius 3 is 2.68 bits per heavy atom. The highest BCUT2D eigenvalue weighted by atomic mass is 15.1. The van der Waals surface area contributed by atoms with Gasteiger partial charge in [0.05, 0.1) is 11.2 Å². The predicted octanol–water partition coefficient (Wildman–Crippen LogP) is 5.18. The van der Waals surface area contributed by atoms with Crippen molar-refractivity contribution < 1.29 is 0 Å². The molecule has 1 atom stereocenters. The number of benzene rings is 2. The third kappa shape index (κ3) is 3.74. The first-order chi connectivity index (χ1) is 12.3.